The van der Waals surface area contributed by atoms with Crippen molar-refractivity contribution in [2.75, 3.05) is 20.1 Å². The van der Waals surface area contributed by atoms with Gasteiger partial charge in [0.1, 0.15) is 0 Å². The van der Waals surface area contributed by atoms with Crippen molar-refractivity contribution in [3.8, 4) is 0 Å². The molecule has 7 nitrogen and oxygen atoms in total. The number of aromatic nitrogens is 1. The molecule has 0 aliphatic carbocycles. The molecule has 2 heterocycles. The van der Waals surface area contributed by atoms with Crippen LogP contribution in [0.1, 0.15) is 23.3 Å². The Labute approximate surface area is 115 Å². The maximum atomic E-state index is 12.2. The van der Waals surface area contributed by atoms with E-state index in [9.17, 15) is 13.2 Å². The van der Waals surface area contributed by atoms with Gasteiger partial charge in [0.2, 0.25) is 0 Å². The zero-order valence-electron chi connectivity index (χ0n) is 10.4. The Kier molecular flexibility index (Phi) is 4.19. The van der Waals surface area contributed by atoms with E-state index in [1.54, 1.807) is 0 Å². The molecule has 1 aromatic heterocycles. The van der Waals surface area contributed by atoms with Crippen LogP contribution in [-0.4, -0.2) is 55.6 Å². The van der Waals surface area contributed by atoms with Crippen molar-refractivity contribution in [3.05, 3.63) is 11.2 Å². The van der Waals surface area contributed by atoms with Crippen LogP contribution in [0.3, 0.4) is 0 Å². The van der Waals surface area contributed by atoms with E-state index in [-0.39, 0.29) is 10.3 Å². The van der Waals surface area contributed by atoms with Gasteiger partial charge >= 0.3 is 5.97 Å². The fraction of sp³-hybridized carbons (Fsp3) is 0.600. The lowest BCUT2D eigenvalue weighted by Gasteiger charge is -2.29. The van der Waals surface area contributed by atoms with Gasteiger partial charge in [-0.2, -0.15) is 0 Å². The lowest BCUT2D eigenvalue weighted by Crippen LogP contribution is -2.46. The SMILES string of the molecule is CN1CCCC(NS(=O)(=O)c2scnc2C(=O)O)C1. The van der Waals surface area contributed by atoms with Gasteiger partial charge in [0.25, 0.3) is 10.0 Å². The Morgan fingerprint density at radius 1 is 1.63 bits per heavy atom. The van der Waals surface area contributed by atoms with Crippen LogP contribution in [0.4, 0.5) is 0 Å². The number of carboxylic acids is 1. The van der Waals surface area contributed by atoms with Gasteiger partial charge in [0.15, 0.2) is 9.90 Å². The standard InChI is InChI=1S/C10H15N3O4S2/c1-13-4-2-3-7(5-13)12-19(16,17)10-8(9(14)15)11-6-18-10/h6-7,12H,2-5H2,1H3,(H,14,15). The molecule has 1 aliphatic rings. The predicted octanol–water partition coefficient (Wildman–Crippen LogP) is 0.214. The van der Waals surface area contributed by atoms with Crippen molar-refractivity contribution < 1.29 is 18.3 Å². The topological polar surface area (TPSA) is 99.6 Å². The molecule has 1 aromatic rings. The lowest BCUT2D eigenvalue weighted by atomic mass is 10.1. The Hall–Kier alpha value is -1.03. The van der Waals surface area contributed by atoms with Crippen molar-refractivity contribution in [1.82, 2.24) is 14.6 Å². The van der Waals surface area contributed by atoms with E-state index in [4.69, 9.17) is 5.11 Å². The first-order valence-corrected chi connectivity index (χ1v) is 8.14. The third-order valence-electron chi connectivity index (χ3n) is 2.93. The van der Waals surface area contributed by atoms with Gasteiger partial charge in [-0.25, -0.2) is 22.9 Å². The summed E-state index contributed by atoms with van der Waals surface area (Å²) in [6.45, 7) is 1.57. The van der Waals surface area contributed by atoms with Crippen LogP contribution in [0.2, 0.25) is 0 Å². The van der Waals surface area contributed by atoms with Crippen LogP contribution < -0.4 is 4.72 Å². The number of rotatable bonds is 4. The van der Waals surface area contributed by atoms with Crippen molar-refractivity contribution >= 4 is 27.3 Å². The van der Waals surface area contributed by atoms with Crippen molar-refractivity contribution in [2.45, 2.75) is 23.1 Å². The molecule has 1 fully saturated rings. The molecule has 1 saturated heterocycles. The van der Waals surface area contributed by atoms with E-state index < -0.39 is 21.7 Å². The summed E-state index contributed by atoms with van der Waals surface area (Å²) in [4.78, 5) is 16.5. The average Bonchev–Trinajstić information content (AvgIpc) is 2.77. The third-order valence-corrected chi connectivity index (χ3v) is 5.82. The minimum atomic E-state index is -3.82. The normalized spacial score (nSPS) is 21.4. The summed E-state index contributed by atoms with van der Waals surface area (Å²) in [5.41, 5.74) is 0.812. The molecule has 2 rings (SSSR count). The van der Waals surface area contributed by atoms with E-state index in [0.717, 1.165) is 30.7 Å². The Bertz CT molecular complexity index is 569. The van der Waals surface area contributed by atoms with Gasteiger partial charge < -0.3 is 10.0 Å². The number of likely N-dealkylation sites (tertiary alicyclic amines) is 1. The molecule has 1 unspecified atom stereocenters. The van der Waals surface area contributed by atoms with E-state index >= 15 is 0 Å². The molecule has 0 aromatic carbocycles. The van der Waals surface area contributed by atoms with E-state index in [0.29, 0.717) is 6.54 Å². The second-order valence-corrected chi connectivity index (χ2v) is 7.28. The van der Waals surface area contributed by atoms with Crippen LogP contribution in [0.5, 0.6) is 0 Å². The minimum Gasteiger partial charge on any atom is -0.476 e. The summed E-state index contributed by atoms with van der Waals surface area (Å²) in [6, 6.07) is -0.188. The highest BCUT2D eigenvalue weighted by molar-refractivity contribution is 7.91. The number of hydrogen-bond acceptors (Lipinski definition) is 6. The average molecular weight is 305 g/mol. The molecule has 0 saturated carbocycles. The van der Waals surface area contributed by atoms with Gasteiger partial charge in [-0.05, 0) is 26.4 Å². The fourth-order valence-electron chi connectivity index (χ4n) is 2.10. The zero-order valence-corrected chi connectivity index (χ0v) is 12.0. The van der Waals surface area contributed by atoms with Crippen molar-refractivity contribution in [3.63, 3.8) is 0 Å². The van der Waals surface area contributed by atoms with Crippen molar-refractivity contribution in [1.29, 1.82) is 0 Å². The highest BCUT2D eigenvalue weighted by atomic mass is 32.2. The van der Waals surface area contributed by atoms with Gasteiger partial charge in [-0.1, -0.05) is 0 Å². The molecule has 19 heavy (non-hydrogen) atoms. The molecule has 9 heteroatoms. The molecule has 1 atom stereocenters. The molecule has 0 amide bonds. The molecule has 2 N–H and O–H groups in total. The van der Waals surface area contributed by atoms with Crippen LogP contribution >= 0.6 is 11.3 Å². The Morgan fingerprint density at radius 2 is 2.37 bits per heavy atom. The summed E-state index contributed by atoms with van der Waals surface area (Å²) in [5.74, 6) is -1.33. The summed E-state index contributed by atoms with van der Waals surface area (Å²) in [7, 11) is -1.89. The number of carboxylic acid groups (broad SMARTS) is 1. The molecular weight excluding hydrogens is 290 g/mol. The molecule has 0 bridgehead atoms. The molecule has 0 spiro atoms. The summed E-state index contributed by atoms with van der Waals surface area (Å²) >= 11 is 0.818. The summed E-state index contributed by atoms with van der Waals surface area (Å²) in [6.07, 6.45) is 1.67. The minimum absolute atomic E-state index is 0.188. The quantitative estimate of drug-likeness (QED) is 0.825. The second-order valence-electron chi connectivity index (χ2n) is 4.52. The van der Waals surface area contributed by atoms with E-state index in [1.165, 1.54) is 5.51 Å². The third kappa shape index (κ3) is 3.30. The maximum absolute atomic E-state index is 12.2. The number of sulfonamides is 1. The van der Waals surface area contributed by atoms with Gasteiger partial charge in [0, 0.05) is 12.6 Å². The first kappa shape index (κ1) is 14.4. The number of aromatic carboxylic acids is 1. The Balaban J connectivity index is 2.18. The number of nitrogens with one attached hydrogen (secondary N) is 1. The number of piperidine rings is 1. The van der Waals surface area contributed by atoms with Crippen LogP contribution in [0.15, 0.2) is 9.72 Å². The number of thiazole rings is 1. The molecule has 0 radical (unpaired) electrons. The second kappa shape index (κ2) is 5.53. The highest BCUT2D eigenvalue weighted by Gasteiger charge is 2.29. The van der Waals surface area contributed by atoms with Crippen LogP contribution in [0, 0.1) is 0 Å². The summed E-state index contributed by atoms with van der Waals surface area (Å²) < 4.78 is 26.7. The van der Waals surface area contributed by atoms with E-state index in [1.807, 2.05) is 11.9 Å². The monoisotopic (exact) mass is 305 g/mol. The number of likely N-dealkylation sites (N-methyl/N-ethyl adjacent to an activating group) is 1. The smallest absolute Gasteiger partial charge is 0.356 e. The molecule has 1 aliphatic heterocycles. The Morgan fingerprint density at radius 3 is 3.00 bits per heavy atom. The predicted molar refractivity (Wildman–Crippen MR) is 69.9 cm³/mol. The summed E-state index contributed by atoms with van der Waals surface area (Å²) in [5, 5.41) is 8.91. The van der Waals surface area contributed by atoms with Crippen LogP contribution in [-0.2, 0) is 10.0 Å². The molecule has 106 valence electrons. The van der Waals surface area contributed by atoms with Gasteiger partial charge in [-0.3, -0.25) is 0 Å². The van der Waals surface area contributed by atoms with E-state index in [2.05, 4.69) is 9.71 Å². The highest BCUT2D eigenvalue weighted by Crippen LogP contribution is 2.21. The van der Waals surface area contributed by atoms with Gasteiger partial charge in [-0.15, -0.1) is 11.3 Å². The lowest BCUT2D eigenvalue weighted by molar-refractivity contribution is 0.0687. The zero-order chi connectivity index (χ0) is 14.0. The first-order valence-electron chi connectivity index (χ1n) is 5.78. The molecular formula is C10H15N3O4S2. The number of carbonyl (C=O) groups is 1. The fourth-order valence-corrected chi connectivity index (χ4v) is 4.52. The van der Waals surface area contributed by atoms with Crippen LogP contribution in [0.25, 0.3) is 0 Å². The van der Waals surface area contributed by atoms with Crippen molar-refractivity contribution in [2.24, 2.45) is 0 Å². The first-order chi connectivity index (χ1) is 8.90. The largest absolute Gasteiger partial charge is 0.476 e. The number of nitrogens with zero attached hydrogens (tertiary/aromatic N) is 2. The number of hydrogen-bond donors (Lipinski definition) is 2. The van der Waals surface area contributed by atoms with Gasteiger partial charge in [0.05, 0.1) is 5.51 Å². The maximum Gasteiger partial charge on any atom is 0.356 e.